The van der Waals surface area contributed by atoms with Gasteiger partial charge in [0, 0.05) is 11.1 Å². The van der Waals surface area contributed by atoms with E-state index in [9.17, 15) is 23.1 Å². The van der Waals surface area contributed by atoms with Crippen molar-refractivity contribution < 1.29 is 37.3 Å². The lowest BCUT2D eigenvalue weighted by molar-refractivity contribution is -0.137. The number of nitrogens with zero attached hydrogens (tertiary/aromatic N) is 1. The molecule has 1 amide bonds. The van der Waals surface area contributed by atoms with Crippen LogP contribution in [0, 0.1) is 0 Å². The van der Waals surface area contributed by atoms with Gasteiger partial charge in [-0.15, -0.1) is 0 Å². The molecule has 3 aromatic carbocycles. The summed E-state index contributed by atoms with van der Waals surface area (Å²) in [5, 5.41) is 13.4. The lowest BCUT2D eigenvalue weighted by atomic mass is 10.1. The number of carbonyl (C=O) groups is 1. The molecule has 35 heavy (non-hydrogen) atoms. The van der Waals surface area contributed by atoms with Crippen molar-refractivity contribution in [3.63, 3.8) is 0 Å². The van der Waals surface area contributed by atoms with Crippen LogP contribution in [0.3, 0.4) is 0 Å². The average Bonchev–Trinajstić information content (AvgIpc) is 2.83. The van der Waals surface area contributed by atoms with E-state index >= 15 is 0 Å². The highest BCUT2D eigenvalue weighted by molar-refractivity contribution is 5.96. The van der Waals surface area contributed by atoms with Gasteiger partial charge in [0.05, 0.1) is 31.7 Å². The van der Waals surface area contributed by atoms with Crippen LogP contribution in [-0.2, 0) is 12.8 Å². The van der Waals surface area contributed by atoms with Gasteiger partial charge in [-0.3, -0.25) is 4.79 Å². The molecule has 0 unspecified atom stereocenters. The molecule has 0 aliphatic heterocycles. The number of amides is 1. The number of anilines is 1. The largest absolute Gasteiger partial charge is 0.506 e. The van der Waals surface area contributed by atoms with Gasteiger partial charge in [0.1, 0.15) is 12.4 Å². The Balaban J connectivity index is 1.72. The van der Waals surface area contributed by atoms with Gasteiger partial charge in [-0.2, -0.15) is 18.3 Å². The van der Waals surface area contributed by atoms with Crippen molar-refractivity contribution in [2.75, 3.05) is 20.0 Å². The van der Waals surface area contributed by atoms with Gasteiger partial charge in [0.15, 0.2) is 11.5 Å². The Hall–Kier alpha value is -4.41. The number of ether oxygens (including phenoxy) is 3. The normalized spacial score (nSPS) is 11.3. The minimum atomic E-state index is -4.42. The first-order chi connectivity index (χ1) is 16.6. The van der Waals surface area contributed by atoms with Crippen LogP contribution in [0.25, 0.3) is 0 Å². The molecular formula is C24H22F3N3O5. The Morgan fingerprint density at radius 3 is 2.23 bits per heavy atom. The highest BCUT2D eigenvalue weighted by Crippen LogP contribution is 2.39. The first kappa shape index (κ1) is 25.2. The van der Waals surface area contributed by atoms with Gasteiger partial charge in [0.25, 0.3) is 5.91 Å². The molecule has 0 heterocycles. The summed E-state index contributed by atoms with van der Waals surface area (Å²) in [7, 11) is 2.83. The molecule has 3 aromatic rings. The molecule has 0 aliphatic carbocycles. The fourth-order valence-electron chi connectivity index (χ4n) is 2.99. The number of nitrogens with one attached hydrogen (secondary N) is 1. The number of hydrogen-bond donors (Lipinski definition) is 3. The molecule has 0 atom stereocenters. The Morgan fingerprint density at radius 1 is 1.06 bits per heavy atom. The molecule has 0 saturated heterocycles. The van der Waals surface area contributed by atoms with Crippen LogP contribution in [0.15, 0.2) is 59.7 Å². The SMILES string of the molecule is COc1cc(/C=N/NC(=O)c2ccc(O)c(N)c2)cc(OC)c1OCc1ccc(C(F)(F)F)cc1. The third kappa shape index (κ3) is 6.34. The number of aromatic hydroxyl groups is 1. The average molecular weight is 489 g/mol. The van der Waals surface area contributed by atoms with Gasteiger partial charge in [-0.25, -0.2) is 5.43 Å². The molecule has 0 aromatic heterocycles. The number of phenols is 1. The Bertz CT molecular complexity index is 1200. The molecule has 8 nitrogen and oxygen atoms in total. The summed E-state index contributed by atoms with van der Waals surface area (Å²) in [6.45, 7) is -0.0237. The summed E-state index contributed by atoms with van der Waals surface area (Å²) in [6, 6.07) is 11.8. The van der Waals surface area contributed by atoms with E-state index in [1.54, 1.807) is 12.1 Å². The minimum absolute atomic E-state index is 0.0237. The van der Waals surface area contributed by atoms with Crippen LogP contribution in [0.5, 0.6) is 23.0 Å². The van der Waals surface area contributed by atoms with E-state index < -0.39 is 17.6 Å². The van der Waals surface area contributed by atoms with E-state index in [0.717, 1.165) is 12.1 Å². The van der Waals surface area contributed by atoms with Gasteiger partial charge >= 0.3 is 6.18 Å². The summed E-state index contributed by atoms with van der Waals surface area (Å²) >= 11 is 0. The fraction of sp³-hybridized carbons (Fsp3) is 0.167. The molecule has 4 N–H and O–H groups in total. The zero-order chi connectivity index (χ0) is 25.6. The lowest BCUT2D eigenvalue weighted by Crippen LogP contribution is -2.17. The second kappa shape index (κ2) is 10.7. The maximum atomic E-state index is 12.7. The zero-order valence-corrected chi connectivity index (χ0v) is 18.7. The van der Waals surface area contributed by atoms with Crippen molar-refractivity contribution in [1.82, 2.24) is 5.43 Å². The Morgan fingerprint density at radius 2 is 1.69 bits per heavy atom. The number of alkyl halides is 3. The minimum Gasteiger partial charge on any atom is -0.506 e. The molecular weight excluding hydrogens is 467 g/mol. The van der Waals surface area contributed by atoms with Crippen LogP contribution in [0.1, 0.15) is 27.0 Å². The first-order valence-corrected chi connectivity index (χ1v) is 10.1. The number of phenolic OH excluding ortho intramolecular Hbond substituents is 1. The number of hydrazone groups is 1. The number of nitrogen functional groups attached to an aromatic ring is 1. The summed E-state index contributed by atoms with van der Waals surface area (Å²) < 4.78 is 54.7. The molecule has 3 rings (SSSR count). The van der Waals surface area contributed by atoms with E-state index in [4.69, 9.17) is 19.9 Å². The van der Waals surface area contributed by atoms with Crippen molar-refractivity contribution >= 4 is 17.8 Å². The van der Waals surface area contributed by atoms with Crippen LogP contribution in [-0.4, -0.2) is 31.4 Å². The van der Waals surface area contributed by atoms with Gasteiger partial charge in [0.2, 0.25) is 5.75 Å². The third-order valence-electron chi connectivity index (χ3n) is 4.82. The van der Waals surface area contributed by atoms with Gasteiger partial charge in [-0.1, -0.05) is 12.1 Å². The quantitative estimate of drug-likeness (QED) is 0.188. The number of benzene rings is 3. The van der Waals surface area contributed by atoms with Crippen molar-refractivity contribution in [3.8, 4) is 23.0 Å². The van der Waals surface area contributed by atoms with Crippen molar-refractivity contribution in [2.24, 2.45) is 5.10 Å². The van der Waals surface area contributed by atoms with E-state index in [0.29, 0.717) is 11.1 Å². The second-order valence-corrected chi connectivity index (χ2v) is 7.21. The number of methoxy groups -OCH3 is 2. The maximum absolute atomic E-state index is 12.7. The second-order valence-electron chi connectivity index (χ2n) is 7.21. The highest BCUT2D eigenvalue weighted by Gasteiger charge is 2.30. The van der Waals surface area contributed by atoms with Crippen LogP contribution in [0.2, 0.25) is 0 Å². The fourth-order valence-corrected chi connectivity index (χ4v) is 2.99. The zero-order valence-electron chi connectivity index (χ0n) is 18.7. The molecule has 0 aliphatic rings. The van der Waals surface area contributed by atoms with Crippen LogP contribution >= 0.6 is 0 Å². The predicted molar refractivity (Wildman–Crippen MR) is 123 cm³/mol. The molecule has 11 heteroatoms. The predicted octanol–water partition coefficient (Wildman–Crippen LogP) is 4.35. The van der Waals surface area contributed by atoms with Gasteiger partial charge < -0.3 is 25.1 Å². The van der Waals surface area contributed by atoms with Crippen LogP contribution in [0.4, 0.5) is 18.9 Å². The molecule has 0 saturated carbocycles. The summed E-state index contributed by atoms with van der Waals surface area (Å²) in [4.78, 5) is 12.2. The summed E-state index contributed by atoms with van der Waals surface area (Å²) in [5.41, 5.74) is 8.48. The number of rotatable bonds is 8. The van der Waals surface area contributed by atoms with Crippen molar-refractivity contribution in [1.29, 1.82) is 0 Å². The van der Waals surface area contributed by atoms with E-state index in [1.165, 1.54) is 50.8 Å². The Kier molecular flexibility index (Phi) is 7.69. The van der Waals surface area contributed by atoms with Crippen molar-refractivity contribution in [2.45, 2.75) is 12.8 Å². The molecule has 184 valence electrons. The monoisotopic (exact) mass is 489 g/mol. The molecule has 0 fully saturated rings. The number of carbonyl (C=O) groups excluding carboxylic acids is 1. The number of hydrogen-bond acceptors (Lipinski definition) is 7. The van der Waals surface area contributed by atoms with E-state index in [1.807, 2.05) is 0 Å². The first-order valence-electron chi connectivity index (χ1n) is 10.1. The van der Waals surface area contributed by atoms with Crippen molar-refractivity contribution in [3.05, 3.63) is 76.9 Å². The van der Waals surface area contributed by atoms with Gasteiger partial charge in [-0.05, 0) is 48.0 Å². The van der Waals surface area contributed by atoms with E-state index in [2.05, 4.69) is 10.5 Å². The lowest BCUT2D eigenvalue weighted by Gasteiger charge is -2.15. The van der Waals surface area contributed by atoms with Crippen LogP contribution < -0.4 is 25.4 Å². The Labute approximate surface area is 198 Å². The maximum Gasteiger partial charge on any atom is 0.416 e. The molecule has 0 radical (unpaired) electrons. The highest BCUT2D eigenvalue weighted by atomic mass is 19.4. The molecule has 0 bridgehead atoms. The summed E-state index contributed by atoms with van der Waals surface area (Å²) in [6.07, 6.45) is -3.06. The van der Waals surface area contributed by atoms with E-state index in [-0.39, 0.29) is 40.9 Å². The smallest absolute Gasteiger partial charge is 0.416 e. The summed E-state index contributed by atoms with van der Waals surface area (Å²) in [5.74, 6) is 0.148. The number of halogens is 3. The number of nitrogens with two attached hydrogens (primary N) is 1. The third-order valence-corrected chi connectivity index (χ3v) is 4.82. The molecule has 0 spiro atoms. The standard InChI is InChI=1S/C24H22F3N3O5/c1-33-20-9-15(12-29-30-23(32)16-5-8-19(31)18(28)11-16)10-21(34-2)22(20)35-13-14-3-6-17(7-4-14)24(25,26)27/h3-12,31H,13,28H2,1-2H3,(H,30,32)/b29-12+. The topological polar surface area (TPSA) is 115 Å².